The fourth-order valence-electron chi connectivity index (χ4n) is 8.98. The molecular formula is C54H32N2O. The molecule has 13 rings (SSSR count). The maximum atomic E-state index is 9.66. The number of nitrogens with zero attached hydrogens (tertiary/aromatic N) is 2. The van der Waals surface area contributed by atoms with Gasteiger partial charge in [-0.1, -0.05) is 133 Å². The average Bonchev–Trinajstić information content (AvgIpc) is 4.01. The molecule has 264 valence electrons. The third-order valence-corrected chi connectivity index (χ3v) is 11.4. The summed E-state index contributed by atoms with van der Waals surface area (Å²) in [6.45, 7) is 0. The predicted octanol–water partition coefficient (Wildman–Crippen LogP) is 14.9. The van der Waals surface area contributed by atoms with Crippen molar-refractivity contribution < 1.29 is 19.5 Å². The number of hydrogen-bond donors (Lipinski definition) is 0. The number of rotatable bonds is 3. The largest absolute Gasteiger partial charge is 0.456 e. The Morgan fingerprint density at radius 1 is 0.368 bits per heavy atom. The first kappa shape index (κ1) is 22.1. The van der Waals surface area contributed by atoms with E-state index in [-0.39, 0.29) is 22.0 Å². The van der Waals surface area contributed by atoms with E-state index < -0.39 is 72.0 Å². The third kappa shape index (κ3) is 4.31. The van der Waals surface area contributed by atoms with Gasteiger partial charge in [0.05, 0.1) is 37.1 Å². The van der Waals surface area contributed by atoms with Crippen LogP contribution in [0.4, 0.5) is 0 Å². The number of hydrogen-bond acceptors (Lipinski definition) is 1. The molecule has 0 aliphatic carbocycles. The van der Waals surface area contributed by atoms with Gasteiger partial charge in [-0.2, -0.15) is 0 Å². The Labute approximate surface area is 342 Å². The van der Waals surface area contributed by atoms with Gasteiger partial charge in [-0.3, -0.25) is 0 Å². The first-order chi connectivity index (χ1) is 32.8. The van der Waals surface area contributed by atoms with Crippen molar-refractivity contribution in [3.63, 3.8) is 0 Å². The quantitative estimate of drug-likeness (QED) is 0.177. The Hall–Kier alpha value is -7.62. The molecule has 3 heteroatoms. The second-order valence-corrected chi connectivity index (χ2v) is 14.4. The number of benzene rings is 10. The van der Waals surface area contributed by atoms with E-state index in [9.17, 15) is 5.48 Å². The molecule has 0 amide bonds. The van der Waals surface area contributed by atoms with E-state index in [1.54, 1.807) is 4.57 Å². The molecule has 13 aromatic rings. The fourth-order valence-corrected chi connectivity index (χ4v) is 8.98. The van der Waals surface area contributed by atoms with Crippen LogP contribution in [0.5, 0.6) is 0 Å². The second-order valence-electron chi connectivity index (χ2n) is 14.4. The van der Waals surface area contributed by atoms with Crippen molar-refractivity contribution in [3.05, 3.63) is 194 Å². The third-order valence-electron chi connectivity index (χ3n) is 11.4. The molecule has 57 heavy (non-hydrogen) atoms. The number of aromatic nitrogens is 2. The van der Waals surface area contributed by atoms with Gasteiger partial charge in [-0.05, 0) is 98.0 Å². The van der Waals surface area contributed by atoms with Crippen LogP contribution < -0.4 is 0 Å². The Morgan fingerprint density at radius 3 is 1.93 bits per heavy atom. The summed E-state index contributed by atoms with van der Waals surface area (Å²) in [5.41, 5.74) is 4.49. The van der Waals surface area contributed by atoms with Crippen LogP contribution in [0.15, 0.2) is 198 Å². The summed E-state index contributed by atoms with van der Waals surface area (Å²) >= 11 is 0. The van der Waals surface area contributed by atoms with Crippen molar-refractivity contribution >= 4 is 97.9 Å². The Morgan fingerprint density at radius 2 is 1.07 bits per heavy atom. The van der Waals surface area contributed by atoms with Crippen LogP contribution in [0.1, 0.15) is 15.1 Å². The lowest BCUT2D eigenvalue weighted by atomic mass is 9.98. The molecule has 0 atom stereocenters. The van der Waals surface area contributed by atoms with E-state index >= 15 is 0 Å². The first-order valence-corrected chi connectivity index (χ1v) is 18.7. The van der Waals surface area contributed by atoms with Gasteiger partial charge in [0.2, 0.25) is 0 Å². The zero-order valence-electron chi connectivity index (χ0n) is 40.9. The second kappa shape index (κ2) is 11.5. The molecule has 3 nitrogen and oxygen atoms in total. The van der Waals surface area contributed by atoms with E-state index in [0.717, 1.165) is 81.7 Å². The zero-order chi connectivity index (χ0) is 46.8. The number of furan rings is 1. The van der Waals surface area contributed by atoms with E-state index in [0.29, 0.717) is 11.0 Å². The molecule has 0 radical (unpaired) electrons. The summed E-state index contributed by atoms with van der Waals surface area (Å²) in [7, 11) is 0. The van der Waals surface area contributed by atoms with E-state index in [4.69, 9.17) is 14.0 Å². The van der Waals surface area contributed by atoms with Crippen LogP contribution >= 0.6 is 0 Å². The Kier molecular flexibility index (Phi) is 4.43. The van der Waals surface area contributed by atoms with Crippen LogP contribution in [-0.2, 0) is 0 Å². The molecule has 3 aromatic heterocycles. The van der Waals surface area contributed by atoms with Gasteiger partial charge in [0.15, 0.2) is 0 Å². The molecule has 10 aromatic carbocycles. The minimum atomic E-state index is -0.666. The van der Waals surface area contributed by atoms with Crippen molar-refractivity contribution in [1.29, 1.82) is 0 Å². The van der Waals surface area contributed by atoms with Crippen LogP contribution in [0.25, 0.3) is 120 Å². The summed E-state index contributed by atoms with van der Waals surface area (Å²) < 4.78 is 109. The molecule has 0 spiro atoms. The lowest BCUT2D eigenvalue weighted by Crippen LogP contribution is -1.96. The van der Waals surface area contributed by atoms with Crippen molar-refractivity contribution in [1.82, 2.24) is 9.13 Å². The minimum Gasteiger partial charge on any atom is -0.456 e. The molecule has 0 aliphatic heterocycles. The maximum Gasteiger partial charge on any atom is 0.137 e. The standard InChI is InChI=1S/C54H32N2O/c1-4-14-39-33(10-1)13-9-18-40(39)36-20-24-37(25-21-36)55-47-19-8-7-17-43(47)45-31-46-50(32-49(45)55)56(48-28-22-34-11-2-5-15-41(34)53(46)48)38-26-27-44-52(30-38)57-51-29-23-35-12-3-6-16-42(35)54(44)51/h1-32H/i1D,4D,9D,10D,13D,14D,18D,20D,21D,24D,25D. The van der Waals surface area contributed by atoms with Crippen molar-refractivity contribution in [3.8, 4) is 22.5 Å². The smallest absolute Gasteiger partial charge is 0.137 e. The Balaban J connectivity index is 1.13. The molecular weight excluding hydrogens is 693 g/mol. The lowest BCUT2D eigenvalue weighted by molar-refractivity contribution is 0.669. The summed E-state index contributed by atoms with van der Waals surface area (Å²) in [6.07, 6.45) is 0. The SMILES string of the molecule is [2H]c1c([2H])c(-n2c3ccccc3c3cc4c5c6ccccc6ccc5n(-c5ccc6c(c5)oc5ccc7ccccc7c56)c4cc32)c([2H])c([2H])c1-c1c([2H])c([2H])c([2H])c2c([2H])c([2H])c([2H])c([2H])c12. The van der Waals surface area contributed by atoms with Gasteiger partial charge in [0, 0.05) is 49.8 Å². The topological polar surface area (TPSA) is 23.0 Å². The first-order valence-electron chi connectivity index (χ1n) is 24.2. The average molecular weight is 736 g/mol. The van der Waals surface area contributed by atoms with E-state index in [1.807, 2.05) is 60.7 Å². The van der Waals surface area contributed by atoms with Gasteiger partial charge >= 0.3 is 0 Å². The van der Waals surface area contributed by atoms with E-state index in [1.165, 1.54) is 0 Å². The van der Waals surface area contributed by atoms with Gasteiger partial charge in [0.1, 0.15) is 11.2 Å². The summed E-state index contributed by atoms with van der Waals surface area (Å²) in [5, 5.41) is 9.33. The molecule has 0 aliphatic rings. The van der Waals surface area contributed by atoms with Crippen LogP contribution in [0.3, 0.4) is 0 Å². The highest BCUT2D eigenvalue weighted by Gasteiger charge is 2.21. The maximum absolute atomic E-state index is 9.66. The Bertz CT molecular complexity index is 4430. The normalized spacial score (nSPS) is 14.9. The highest BCUT2D eigenvalue weighted by molar-refractivity contribution is 6.26. The van der Waals surface area contributed by atoms with Gasteiger partial charge < -0.3 is 13.6 Å². The zero-order valence-corrected chi connectivity index (χ0v) is 29.9. The lowest BCUT2D eigenvalue weighted by Gasteiger charge is -2.12. The molecule has 0 bridgehead atoms. The van der Waals surface area contributed by atoms with Crippen molar-refractivity contribution in [2.75, 3.05) is 0 Å². The van der Waals surface area contributed by atoms with Gasteiger partial charge in [0.25, 0.3) is 0 Å². The highest BCUT2D eigenvalue weighted by atomic mass is 16.3. The van der Waals surface area contributed by atoms with E-state index in [2.05, 4.69) is 71.3 Å². The van der Waals surface area contributed by atoms with Gasteiger partial charge in [-0.15, -0.1) is 0 Å². The van der Waals surface area contributed by atoms with Crippen LogP contribution in [-0.4, -0.2) is 9.13 Å². The predicted molar refractivity (Wildman–Crippen MR) is 240 cm³/mol. The fraction of sp³-hybridized carbons (Fsp3) is 0. The molecule has 0 fully saturated rings. The number of para-hydroxylation sites is 1. The van der Waals surface area contributed by atoms with Crippen LogP contribution in [0, 0.1) is 0 Å². The molecule has 0 unspecified atom stereocenters. The van der Waals surface area contributed by atoms with Crippen molar-refractivity contribution in [2.45, 2.75) is 0 Å². The molecule has 0 saturated heterocycles. The monoisotopic (exact) mass is 735 g/mol. The van der Waals surface area contributed by atoms with Crippen molar-refractivity contribution in [2.24, 2.45) is 0 Å². The summed E-state index contributed by atoms with van der Waals surface area (Å²) in [4.78, 5) is 0. The van der Waals surface area contributed by atoms with Gasteiger partial charge in [-0.25, -0.2) is 0 Å². The summed E-state index contributed by atoms with van der Waals surface area (Å²) in [6, 6.07) is 36.3. The molecule has 0 saturated carbocycles. The minimum absolute atomic E-state index is 0.0701. The van der Waals surface area contributed by atoms with Crippen LogP contribution in [0.2, 0.25) is 0 Å². The molecule has 0 N–H and O–H groups in total. The number of fused-ring (bicyclic) bond motifs is 14. The summed E-state index contributed by atoms with van der Waals surface area (Å²) in [5.74, 6) is 0. The molecule has 3 heterocycles. The highest BCUT2D eigenvalue weighted by Crippen LogP contribution is 2.43.